The van der Waals surface area contributed by atoms with E-state index in [2.05, 4.69) is 16.6 Å². The van der Waals surface area contributed by atoms with Crippen molar-refractivity contribution >= 4 is 11.7 Å². The van der Waals surface area contributed by atoms with Crippen LogP contribution in [0.3, 0.4) is 0 Å². The molecule has 0 aliphatic rings. The number of hydrogen-bond acceptors (Lipinski definition) is 3. The summed E-state index contributed by atoms with van der Waals surface area (Å²) >= 11 is 0. The van der Waals surface area contributed by atoms with Crippen LogP contribution in [-0.4, -0.2) is 12.6 Å². The van der Waals surface area contributed by atoms with Gasteiger partial charge in [0.15, 0.2) is 0 Å². The first-order valence-corrected chi connectivity index (χ1v) is 5.10. The lowest BCUT2D eigenvalue weighted by atomic mass is 10.1. The van der Waals surface area contributed by atoms with E-state index in [1.807, 2.05) is 12.1 Å². The van der Waals surface area contributed by atoms with Crippen molar-refractivity contribution < 1.29 is 9.53 Å². The second-order valence-corrected chi connectivity index (χ2v) is 3.48. The fourth-order valence-corrected chi connectivity index (χ4v) is 1.24. The molecule has 5 heteroatoms. The van der Waals surface area contributed by atoms with Crippen molar-refractivity contribution in [1.29, 1.82) is 0 Å². The molecule has 0 amide bonds. The third-order valence-electron chi connectivity index (χ3n) is 2.10. The molecule has 0 saturated carbocycles. The van der Waals surface area contributed by atoms with Crippen LogP contribution in [0.4, 0.5) is 5.69 Å². The molecule has 0 bridgehead atoms. The lowest BCUT2D eigenvalue weighted by Crippen LogP contribution is -2.08. The van der Waals surface area contributed by atoms with E-state index in [9.17, 15) is 4.79 Å². The van der Waals surface area contributed by atoms with Crippen LogP contribution >= 0.6 is 0 Å². The molecule has 5 nitrogen and oxygen atoms in total. The van der Waals surface area contributed by atoms with Crippen LogP contribution in [0.1, 0.15) is 12.5 Å². The minimum Gasteiger partial charge on any atom is -0.462 e. The van der Waals surface area contributed by atoms with Gasteiger partial charge in [-0.05, 0) is 18.0 Å². The van der Waals surface area contributed by atoms with Gasteiger partial charge in [0, 0.05) is 22.6 Å². The van der Waals surface area contributed by atoms with E-state index < -0.39 is 5.97 Å². The Bertz CT molecular complexity index is 476. The highest BCUT2D eigenvalue weighted by Crippen LogP contribution is 2.19. The summed E-state index contributed by atoms with van der Waals surface area (Å²) in [6, 6.07) is 7.17. The Morgan fingerprint density at radius 1 is 1.53 bits per heavy atom. The molecule has 0 spiro atoms. The lowest BCUT2D eigenvalue weighted by Gasteiger charge is -2.06. The topological polar surface area (TPSA) is 75.1 Å². The summed E-state index contributed by atoms with van der Waals surface area (Å²) in [6.07, 6.45) is 0.508. The number of nitrogens with zero attached hydrogens (tertiary/aromatic N) is 3. The van der Waals surface area contributed by atoms with Gasteiger partial charge in [-0.1, -0.05) is 36.0 Å². The molecule has 0 unspecified atom stereocenters. The molecular weight excluding hydrogens is 218 g/mol. The number of rotatable bonds is 5. The molecule has 17 heavy (non-hydrogen) atoms. The first-order valence-electron chi connectivity index (χ1n) is 5.10. The van der Waals surface area contributed by atoms with E-state index in [0.717, 1.165) is 5.56 Å². The van der Waals surface area contributed by atoms with Gasteiger partial charge in [0.2, 0.25) is 0 Å². The van der Waals surface area contributed by atoms with E-state index >= 15 is 0 Å². The summed E-state index contributed by atoms with van der Waals surface area (Å²) in [4.78, 5) is 13.9. The average molecular weight is 231 g/mol. The number of esters is 1. The van der Waals surface area contributed by atoms with Gasteiger partial charge in [0.25, 0.3) is 0 Å². The zero-order valence-electron chi connectivity index (χ0n) is 9.59. The second kappa shape index (κ2) is 6.35. The Morgan fingerprint density at radius 3 is 2.88 bits per heavy atom. The smallest absolute Gasteiger partial charge is 0.333 e. The van der Waals surface area contributed by atoms with Gasteiger partial charge in [-0.2, -0.15) is 0 Å². The molecule has 0 saturated heterocycles. The Kier molecular flexibility index (Phi) is 4.78. The molecule has 1 aromatic rings. The number of benzene rings is 1. The van der Waals surface area contributed by atoms with Crippen LogP contribution in [-0.2, 0) is 16.0 Å². The third kappa shape index (κ3) is 4.01. The molecule has 0 aromatic heterocycles. The highest BCUT2D eigenvalue weighted by atomic mass is 16.5. The Balaban J connectivity index is 2.60. The van der Waals surface area contributed by atoms with Gasteiger partial charge in [-0.25, -0.2) is 4.79 Å². The quantitative estimate of drug-likeness (QED) is 0.256. The van der Waals surface area contributed by atoms with Crippen molar-refractivity contribution in [2.75, 3.05) is 6.61 Å². The molecule has 88 valence electrons. The van der Waals surface area contributed by atoms with Gasteiger partial charge < -0.3 is 4.74 Å². The second-order valence-electron chi connectivity index (χ2n) is 3.48. The summed E-state index contributed by atoms with van der Waals surface area (Å²) < 4.78 is 4.97. The van der Waals surface area contributed by atoms with Crippen LogP contribution in [0, 0.1) is 0 Å². The first-order chi connectivity index (χ1) is 8.15. The van der Waals surface area contributed by atoms with Gasteiger partial charge >= 0.3 is 5.97 Å². The van der Waals surface area contributed by atoms with E-state index in [1.165, 1.54) is 0 Å². The predicted octanol–water partition coefficient (Wildman–Crippen LogP) is 3.29. The van der Waals surface area contributed by atoms with E-state index in [1.54, 1.807) is 19.1 Å². The standard InChI is InChI=1S/C12H13N3O2/c1-9(2)12(16)17-8-7-10-5-3-4-6-11(10)14-15-13/h3-6H,1,7-8H2,2H3. The van der Waals surface area contributed by atoms with Crippen LogP contribution in [0.15, 0.2) is 41.5 Å². The van der Waals surface area contributed by atoms with E-state index in [0.29, 0.717) is 17.7 Å². The minimum absolute atomic E-state index is 0.240. The van der Waals surface area contributed by atoms with Crippen molar-refractivity contribution in [1.82, 2.24) is 0 Å². The zero-order chi connectivity index (χ0) is 12.7. The van der Waals surface area contributed by atoms with Crippen LogP contribution in [0.5, 0.6) is 0 Å². The maximum atomic E-state index is 11.1. The highest BCUT2D eigenvalue weighted by molar-refractivity contribution is 5.86. The summed E-state index contributed by atoms with van der Waals surface area (Å²) in [5.74, 6) is -0.411. The van der Waals surface area contributed by atoms with E-state index in [-0.39, 0.29) is 6.61 Å². The molecular formula is C12H13N3O2. The fourth-order valence-electron chi connectivity index (χ4n) is 1.24. The normalized spacial score (nSPS) is 9.24. The maximum absolute atomic E-state index is 11.1. The monoisotopic (exact) mass is 231 g/mol. The molecule has 0 atom stereocenters. The fraction of sp³-hybridized carbons (Fsp3) is 0.250. The van der Waals surface area contributed by atoms with Crippen molar-refractivity contribution in [2.24, 2.45) is 5.11 Å². The predicted molar refractivity (Wildman–Crippen MR) is 64.7 cm³/mol. The number of hydrogen-bond donors (Lipinski definition) is 0. The Hall–Kier alpha value is -2.26. The molecule has 1 rings (SSSR count). The largest absolute Gasteiger partial charge is 0.462 e. The molecule has 0 N–H and O–H groups in total. The van der Waals surface area contributed by atoms with Crippen molar-refractivity contribution in [2.45, 2.75) is 13.3 Å². The third-order valence-corrected chi connectivity index (χ3v) is 2.10. The van der Waals surface area contributed by atoms with Crippen molar-refractivity contribution in [3.05, 3.63) is 52.4 Å². The lowest BCUT2D eigenvalue weighted by molar-refractivity contribution is -0.138. The van der Waals surface area contributed by atoms with Crippen molar-refractivity contribution in [3.63, 3.8) is 0 Å². The van der Waals surface area contributed by atoms with Gasteiger partial charge in [-0.15, -0.1) is 0 Å². The SMILES string of the molecule is C=C(C)C(=O)OCCc1ccccc1N=[N+]=[N-]. The number of azide groups is 1. The summed E-state index contributed by atoms with van der Waals surface area (Å²) in [5, 5.41) is 3.56. The maximum Gasteiger partial charge on any atom is 0.333 e. The van der Waals surface area contributed by atoms with Gasteiger partial charge in [0.1, 0.15) is 0 Å². The molecule has 1 aromatic carbocycles. The van der Waals surface area contributed by atoms with Crippen LogP contribution < -0.4 is 0 Å². The summed E-state index contributed by atoms with van der Waals surface area (Å²) in [5.41, 5.74) is 10.2. The molecule has 0 fully saturated rings. The van der Waals surface area contributed by atoms with E-state index in [4.69, 9.17) is 10.3 Å². The highest BCUT2D eigenvalue weighted by Gasteiger charge is 2.04. The van der Waals surface area contributed by atoms with Crippen molar-refractivity contribution in [3.8, 4) is 0 Å². The Morgan fingerprint density at radius 2 is 2.24 bits per heavy atom. The zero-order valence-corrected chi connectivity index (χ0v) is 9.59. The average Bonchev–Trinajstić information content (AvgIpc) is 2.31. The first kappa shape index (κ1) is 12.8. The minimum atomic E-state index is -0.411. The number of carbonyl (C=O) groups excluding carboxylic acids is 1. The molecule has 0 heterocycles. The van der Waals surface area contributed by atoms with Gasteiger partial charge in [0.05, 0.1) is 6.61 Å². The summed E-state index contributed by atoms with van der Waals surface area (Å²) in [7, 11) is 0. The van der Waals surface area contributed by atoms with Crippen LogP contribution in [0.25, 0.3) is 10.4 Å². The van der Waals surface area contributed by atoms with Gasteiger partial charge in [-0.3, -0.25) is 0 Å². The molecule has 0 aliphatic heterocycles. The van der Waals surface area contributed by atoms with Crippen LogP contribution in [0.2, 0.25) is 0 Å². The summed E-state index contributed by atoms with van der Waals surface area (Å²) in [6.45, 7) is 5.32. The Labute approximate surface area is 99.3 Å². The number of carbonyl (C=O) groups is 1. The molecule has 0 radical (unpaired) electrons. The molecule has 0 aliphatic carbocycles. The number of ether oxygens (including phenoxy) is 1.